The van der Waals surface area contributed by atoms with Crippen molar-refractivity contribution >= 4 is 5.78 Å². The van der Waals surface area contributed by atoms with Crippen LogP contribution in [0.1, 0.15) is 39.0 Å². The molecule has 2 heteroatoms. The molecule has 2 nitrogen and oxygen atoms in total. The van der Waals surface area contributed by atoms with Crippen LogP contribution in [0.15, 0.2) is 0 Å². The Hall–Kier alpha value is -0.370. The molecule has 0 heterocycles. The molecule has 1 aliphatic rings. The van der Waals surface area contributed by atoms with Gasteiger partial charge in [0.1, 0.15) is 5.78 Å². The minimum Gasteiger partial charge on any atom is -0.316 e. The number of hydrogen-bond acceptors (Lipinski definition) is 2. The van der Waals surface area contributed by atoms with E-state index in [9.17, 15) is 4.79 Å². The summed E-state index contributed by atoms with van der Waals surface area (Å²) in [5.41, 5.74) is 0. The van der Waals surface area contributed by atoms with Gasteiger partial charge in [-0.25, -0.2) is 0 Å². The van der Waals surface area contributed by atoms with Crippen molar-refractivity contribution in [3.63, 3.8) is 0 Å². The van der Waals surface area contributed by atoms with E-state index in [4.69, 9.17) is 0 Å². The smallest absolute Gasteiger partial charge is 0.131 e. The Kier molecular flexibility index (Phi) is 4.30. The molecule has 0 saturated heterocycles. The summed E-state index contributed by atoms with van der Waals surface area (Å²) in [6.45, 7) is 3.64. The Morgan fingerprint density at radius 3 is 2.67 bits per heavy atom. The Bertz CT molecular complexity index is 139. The first-order chi connectivity index (χ1) is 5.79. The Morgan fingerprint density at radius 2 is 2.08 bits per heavy atom. The van der Waals surface area contributed by atoms with Gasteiger partial charge < -0.3 is 5.32 Å². The number of rotatable bonds is 5. The van der Waals surface area contributed by atoms with Crippen LogP contribution in [0.25, 0.3) is 0 Å². The normalized spacial score (nSPS) is 18.4. The van der Waals surface area contributed by atoms with Crippen LogP contribution in [0, 0.1) is 5.92 Å². The maximum Gasteiger partial charge on any atom is 0.131 e. The summed E-state index contributed by atoms with van der Waals surface area (Å²) in [6.07, 6.45) is 6.25. The van der Waals surface area contributed by atoms with Crippen LogP contribution in [-0.2, 0) is 4.79 Å². The number of hydrogen-bond donors (Lipinski definition) is 1. The topological polar surface area (TPSA) is 29.1 Å². The second kappa shape index (κ2) is 5.31. The van der Waals surface area contributed by atoms with Gasteiger partial charge >= 0.3 is 0 Å². The first-order valence-electron chi connectivity index (χ1n) is 4.99. The van der Waals surface area contributed by atoms with Crippen LogP contribution >= 0.6 is 0 Å². The molecule has 0 aromatic heterocycles. The van der Waals surface area contributed by atoms with Crippen molar-refractivity contribution in [2.45, 2.75) is 39.0 Å². The molecule has 1 fully saturated rings. The average molecular weight is 169 g/mol. The van der Waals surface area contributed by atoms with Crippen molar-refractivity contribution < 1.29 is 4.79 Å². The quantitative estimate of drug-likeness (QED) is 0.635. The van der Waals surface area contributed by atoms with Crippen LogP contribution in [0.5, 0.6) is 0 Å². The van der Waals surface area contributed by atoms with E-state index in [1.165, 1.54) is 25.7 Å². The minimum atomic E-state index is 0.286. The van der Waals surface area contributed by atoms with Crippen LogP contribution in [-0.4, -0.2) is 18.9 Å². The zero-order chi connectivity index (χ0) is 8.81. The molecule has 1 aliphatic carbocycles. The van der Waals surface area contributed by atoms with Gasteiger partial charge in [0.2, 0.25) is 0 Å². The van der Waals surface area contributed by atoms with Crippen molar-refractivity contribution in [1.29, 1.82) is 0 Å². The standard InChI is InChI=1S/C10H19NO/c1-9(12)6-7-11-8-10-4-2-3-5-10/h10-11H,2-8H2,1H3. The average Bonchev–Trinajstić information content (AvgIpc) is 2.49. The van der Waals surface area contributed by atoms with E-state index in [2.05, 4.69) is 5.32 Å². The third-order valence-corrected chi connectivity index (χ3v) is 2.56. The zero-order valence-electron chi connectivity index (χ0n) is 7.94. The summed E-state index contributed by atoms with van der Waals surface area (Å²) in [7, 11) is 0. The number of ketones is 1. The number of carbonyl (C=O) groups excluding carboxylic acids is 1. The summed E-state index contributed by atoms with van der Waals surface area (Å²) in [5, 5.41) is 3.34. The highest BCUT2D eigenvalue weighted by Gasteiger charge is 2.13. The third kappa shape index (κ3) is 3.86. The fraction of sp³-hybridized carbons (Fsp3) is 0.900. The van der Waals surface area contributed by atoms with Gasteiger partial charge in [0.15, 0.2) is 0 Å². The molecule has 70 valence electrons. The summed E-state index contributed by atoms with van der Waals surface area (Å²) >= 11 is 0. The lowest BCUT2D eigenvalue weighted by molar-refractivity contribution is -0.116. The predicted octanol–water partition coefficient (Wildman–Crippen LogP) is 1.75. The molecule has 0 spiro atoms. The maximum absolute atomic E-state index is 10.6. The fourth-order valence-electron chi connectivity index (χ4n) is 1.79. The van der Waals surface area contributed by atoms with E-state index < -0.39 is 0 Å². The predicted molar refractivity (Wildman–Crippen MR) is 50.1 cm³/mol. The van der Waals surface area contributed by atoms with Gasteiger partial charge in [0.25, 0.3) is 0 Å². The van der Waals surface area contributed by atoms with E-state index in [0.29, 0.717) is 6.42 Å². The molecule has 0 bridgehead atoms. The van der Waals surface area contributed by atoms with Crippen LogP contribution < -0.4 is 5.32 Å². The fourth-order valence-corrected chi connectivity index (χ4v) is 1.79. The van der Waals surface area contributed by atoms with Gasteiger partial charge in [-0.05, 0) is 32.2 Å². The largest absolute Gasteiger partial charge is 0.316 e. The Morgan fingerprint density at radius 1 is 1.42 bits per heavy atom. The van der Waals surface area contributed by atoms with E-state index in [-0.39, 0.29) is 5.78 Å². The highest BCUT2D eigenvalue weighted by molar-refractivity contribution is 5.75. The monoisotopic (exact) mass is 169 g/mol. The molecule has 0 radical (unpaired) electrons. The third-order valence-electron chi connectivity index (χ3n) is 2.56. The van der Waals surface area contributed by atoms with Crippen molar-refractivity contribution in [3.8, 4) is 0 Å². The van der Waals surface area contributed by atoms with Gasteiger partial charge in [-0.1, -0.05) is 12.8 Å². The van der Waals surface area contributed by atoms with Crippen molar-refractivity contribution in [3.05, 3.63) is 0 Å². The van der Waals surface area contributed by atoms with Crippen LogP contribution in [0.4, 0.5) is 0 Å². The van der Waals surface area contributed by atoms with Crippen molar-refractivity contribution in [2.24, 2.45) is 5.92 Å². The van der Waals surface area contributed by atoms with E-state index in [1.54, 1.807) is 6.92 Å². The molecular weight excluding hydrogens is 150 g/mol. The maximum atomic E-state index is 10.6. The number of Topliss-reactive ketones (excluding diaryl/α,β-unsaturated/α-hetero) is 1. The van der Waals surface area contributed by atoms with Gasteiger partial charge in [-0.3, -0.25) is 4.79 Å². The Balaban J connectivity index is 1.91. The molecular formula is C10H19NO. The van der Waals surface area contributed by atoms with Gasteiger partial charge in [-0.2, -0.15) is 0 Å². The second-order valence-corrected chi connectivity index (χ2v) is 3.81. The first kappa shape index (κ1) is 9.72. The molecule has 0 aliphatic heterocycles. The van der Waals surface area contributed by atoms with Crippen LogP contribution in [0.2, 0.25) is 0 Å². The lowest BCUT2D eigenvalue weighted by atomic mass is 10.1. The summed E-state index contributed by atoms with van der Waals surface area (Å²) in [4.78, 5) is 10.6. The molecule has 0 amide bonds. The molecule has 0 atom stereocenters. The molecule has 1 N–H and O–H groups in total. The Labute approximate surface area is 74.7 Å². The lowest BCUT2D eigenvalue weighted by Crippen LogP contribution is -2.23. The minimum absolute atomic E-state index is 0.286. The SMILES string of the molecule is CC(=O)CCNCC1CCCC1. The summed E-state index contributed by atoms with van der Waals surface area (Å²) < 4.78 is 0. The van der Waals surface area contributed by atoms with E-state index in [1.807, 2.05) is 0 Å². The molecule has 0 aromatic rings. The van der Waals surface area contributed by atoms with E-state index in [0.717, 1.165) is 19.0 Å². The van der Waals surface area contributed by atoms with Crippen molar-refractivity contribution in [1.82, 2.24) is 5.32 Å². The van der Waals surface area contributed by atoms with E-state index >= 15 is 0 Å². The van der Waals surface area contributed by atoms with Crippen molar-refractivity contribution in [2.75, 3.05) is 13.1 Å². The number of carbonyl (C=O) groups is 1. The molecule has 1 saturated carbocycles. The highest BCUT2D eigenvalue weighted by Crippen LogP contribution is 2.23. The zero-order valence-corrected chi connectivity index (χ0v) is 7.94. The molecule has 12 heavy (non-hydrogen) atoms. The van der Waals surface area contributed by atoms with Crippen LogP contribution in [0.3, 0.4) is 0 Å². The molecule has 0 unspecified atom stereocenters. The summed E-state index contributed by atoms with van der Waals surface area (Å²) in [5.74, 6) is 1.17. The number of nitrogens with one attached hydrogen (secondary N) is 1. The van der Waals surface area contributed by atoms with Gasteiger partial charge in [-0.15, -0.1) is 0 Å². The summed E-state index contributed by atoms with van der Waals surface area (Å²) in [6, 6.07) is 0. The highest BCUT2D eigenvalue weighted by atomic mass is 16.1. The molecule has 0 aromatic carbocycles. The first-order valence-corrected chi connectivity index (χ1v) is 4.99. The van der Waals surface area contributed by atoms with Gasteiger partial charge in [0, 0.05) is 13.0 Å². The molecule has 1 rings (SSSR count). The lowest BCUT2D eigenvalue weighted by Gasteiger charge is -2.09. The van der Waals surface area contributed by atoms with Gasteiger partial charge in [0.05, 0.1) is 0 Å². The second-order valence-electron chi connectivity index (χ2n) is 3.81.